The Bertz CT molecular complexity index is 949. The van der Waals surface area contributed by atoms with E-state index in [1.165, 1.54) is 33.1 Å². The standard InChI is InChI=1S/C21H21F3N2O4/c1-19(18(27)30-3)16(13-7-5-4-6-8-13)20(2,26(28)29)17(25-19)14-9-11-15(12-10-14)21(22,23)24/h4-12,16-17,25H,1-3H3/t16-,17+,19+,20+/m1/s1. The second-order valence-corrected chi connectivity index (χ2v) is 7.72. The lowest BCUT2D eigenvalue weighted by Crippen LogP contribution is -2.51. The van der Waals surface area contributed by atoms with E-state index in [1.807, 2.05) is 0 Å². The number of methoxy groups -OCH3 is 1. The Hall–Kier alpha value is -2.94. The number of carbonyl (C=O) groups is 1. The number of hydrogen-bond donors (Lipinski definition) is 1. The van der Waals surface area contributed by atoms with E-state index in [0.717, 1.165) is 12.1 Å². The van der Waals surface area contributed by atoms with Crippen LogP contribution in [0.4, 0.5) is 13.2 Å². The number of rotatable bonds is 4. The van der Waals surface area contributed by atoms with Crippen LogP contribution in [0, 0.1) is 10.1 Å². The lowest BCUT2D eigenvalue weighted by atomic mass is 9.70. The molecule has 0 saturated carbocycles. The van der Waals surface area contributed by atoms with Crippen LogP contribution in [0.1, 0.15) is 42.5 Å². The van der Waals surface area contributed by atoms with Gasteiger partial charge >= 0.3 is 12.1 Å². The van der Waals surface area contributed by atoms with E-state index in [2.05, 4.69) is 5.32 Å². The van der Waals surface area contributed by atoms with Crippen LogP contribution in [0.2, 0.25) is 0 Å². The van der Waals surface area contributed by atoms with Crippen molar-refractivity contribution in [3.05, 3.63) is 81.4 Å². The molecular formula is C21H21F3N2O4. The molecule has 1 fully saturated rings. The molecule has 1 aliphatic rings. The summed E-state index contributed by atoms with van der Waals surface area (Å²) in [5, 5.41) is 15.4. The number of nitro groups is 1. The molecule has 0 amide bonds. The number of ether oxygens (including phenoxy) is 1. The first kappa shape index (κ1) is 21.8. The fourth-order valence-corrected chi connectivity index (χ4v) is 4.48. The Morgan fingerprint density at radius 2 is 1.63 bits per heavy atom. The van der Waals surface area contributed by atoms with Gasteiger partial charge in [0.15, 0.2) is 0 Å². The molecule has 1 heterocycles. The van der Waals surface area contributed by atoms with Crippen molar-refractivity contribution in [1.29, 1.82) is 0 Å². The normalized spacial score (nSPS) is 28.9. The van der Waals surface area contributed by atoms with Gasteiger partial charge in [-0.05, 0) is 30.2 Å². The van der Waals surface area contributed by atoms with Gasteiger partial charge in [-0.1, -0.05) is 42.5 Å². The maximum Gasteiger partial charge on any atom is 0.416 e. The summed E-state index contributed by atoms with van der Waals surface area (Å²) in [5.74, 6) is -1.64. The van der Waals surface area contributed by atoms with Gasteiger partial charge in [0.05, 0.1) is 18.6 Å². The molecule has 0 bridgehead atoms. The quantitative estimate of drug-likeness (QED) is 0.456. The Morgan fingerprint density at radius 1 is 1.07 bits per heavy atom. The van der Waals surface area contributed by atoms with E-state index < -0.39 is 45.7 Å². The van der Waals surface area contributed by atoms with Crippen LogP contribution in [0.25, 0.3) is 0 Å². The maximum atomic E-state index is 13.0. The molecule has 0 radical (unpaired) electrons. The zero-order valence-electron chi connectivity index (χ0n) is 16.6. The smallest absolute Gasteiger partial charge is 0.416 e. The summed E-state index contributed by atoms with van der Waals surface area (Å²) in [6.45, 7) is 2.91. The minimum absolute atomic E-state index is 0.274. The summed E-state index contributed by atoms with van der Waals surface area (Å²) >= 11 is 0. The molecule has 1 saturated heterocycles. The minimum atomic E-state index is -4.53. The molecule has 160 valence electrons. The van der Waals surface area contributed by atoms with E-state index in [0.29, 0.717) is 5.56 Å². The first-order chi connectivity index (χ1) is 14.0. The molecule has 3 rings (SSSR count). The number of halogens is 3. The molecule has 0 unspecified atom stereocenters. The van der Waals surface area contributed by atoms with E-state index in [9.17, 15) is 28.1 Å². The SMILES string of the molecule is COC(=O)[C@@]1(C)N[C@@H](c2ccc(C(F)(F)F)cc2)[C@@](C)([N+](=O)[O-])[C@@H]1c1ccccc1. The highest BCUT2D eigenvalue weighted by Crippen LogP contribution is 2.53. The van der Waals surface area contributed by atoms with Crippen molar-refractivity contribution in [2.24, 2.45) is 0 Å². The van der Waals surface area contributed by atoms with Crippen molar-refractivity contribution >= 4 is 5.97 Å². The van der Waals surface area contributed by atoms with Crippen molar-refractivity contribution in [3.63, 3.8) is 0 Å². The van der Waals surface area contributed by atoms with Gasteiger partial charge in [-0.3, -0.25) is 20.2 Å². The predicted octanol–water partition coefficient (Wildman–Crippen LogP) is 4.10. The Kier molecular flexibility index (Phi) is 5.36. The van der Waals surface area contributed by atoms with Gasteiger partial charge in [0, 0.05) is 11.8 Å². The molecule has 4 atom stereocenters. The Balaban J connectivity index is 2.19. The molecule has 2 aromatic carbocycles. The van der Waals surface area contributed by atoms with Crippen molar-refractivity contribution in [3.8, 4) is 0 Å². The van der Waals surface area contributed by atoms with Gasteiger partial charge in [-0.15, -0.1) is 0 Å². The minimum Gasteiger partial charge on any atom is -0.468 e. The lowest BCUT2D eigenvalue weighted by molar-refractivity contribution is -0.571. The third kappa shape index (κ3) is 3.32. The van der Waals surface area contributed by atoms with Crippen LogP contribution in [-0.2, 0) is 15.7 Å². The van der Waals surface area contributed by atoms with Crippen molar-refractivity contribution in [2.45, 2.75) is 43.1 Å². The van der Waals surface area contributed by atoms with E-state index in [4.69, 9.17) is 4.74 Å². The molecule has 1 aliphatic heterocycles. The molecule has 6 nitrogen and oxygen atoms in total. The third-order valence-electron chi connectivity index (χ3n) is 5.90. The highest BCUT2D eigenvalue weighted by Gasteiger charge is 2.69. The van der Waals surface area contributed by atoms with Crippen LogP contribution < -0.4 is 5.32 Å². The molecule has 0 aliphatic carbocycles. The third-order valence-corrected chi connectivity index (χ3v) is 5.90. The van der Waals surface area contributed by atoms with Gasteiger partial charge < -0.3 is 4.74 Å². The highest BCUT2D eigenvalue weighted by atomic mass is 19.4. The number of hydrogen-bond acceptors (Lipinski definition) is 5. The van der Waals surface area contributed by atoms with Gasteiger partial charge in [0.2, 0.25) is 5.54 Å². The summed E-state index contributed by atoms with van der Waals surface area (Å²) in [6, 6.07) is 11.7. The van der Waals surface area contributed by atoms with E-state index in [-0.39, 0.29) is 5.56 Å². The molecule has 2 aromatic rings. The summed E-state index contributed by atoms with van der Waals surface area (Å²) in [6.07, 6.45) is -4.53. The van der Waals surface area contributed by atoms with Crippen LogP contribution in [0.5, 0.6) is 0 Å². The van der Waals surface area contributed by atoms with Crippen LogP contribution in [-0.4, -0.2) is 29.1 Å². The zero-order chi connectivity index (χ0) is 22.3. The average Bonchev–Trinajstić information content (AvgIpc) is 2.97. The summed E-state index contributed by atoms with van der Waals surface area (Å²) in [4.78, 5) is 24.6. The van der Waals surface area contributed by atoms with Crippen LogP contribution >= 0.6 is 0 Å². The van der Waals surface area contributed by atoms with E-state index >= 15 is 0 Å². The Labute approximate surface area is 171 Å². The number of benzene rings is 2. The number of alkyl halides is 3. The zero-order valence-corrected chi connectivity index (χ0v) is 16.6. The second-order valence-electron chi connectivity index (χ2n) is 7.72. The highest BCUT2D eigenvalue weighted by molar-refractivity contribution is 5.83. The summed E-state index contributed by atoms with van der Waals surface area (Å²) in [5.41, 5.74) is -3.26. The van der Waals surface area contributed by atoms with Gasteiger partial charge in [0.25, 0.3) is 0 Å². The Morgan fingerprint density at radius 3 is 2.10 bits per heavy atom. The maximum absolute atomic E-state index is 13.0. The number of esters is 1. The van der Waals surface area contributed by atoms with Crippen molar-refractivity contribution in [1.82, 2.24) is 5.32 Å². The largest absolute Gasteiger partial charge is 0.468 e. The predicted molar refractivity (Wildman–Crippen MR) is 102 cm³/mol. The van der Waals surface area contributed by atoms with E-state index in [1.54, 1.807) is 30.3 Å². The summed E-state index contributed by atoms with van der Waals surface area (Å²) < 4.78 is 43.8. The average molecular weight is 422 g/mol. The number of nitrogens with one attached hydrogen (secondary N) is 1. The monoisotopic (exact) mass is 422 g/mol. The molecular weight excluding hydrogens is 401 g/mol. The first-order valence-corrected chi connectivity index (χ1v) is 9.19. The number of carbonyl (C=O) groups excluding carboxylic acids is 1. The topological polar surface area (TPSA) is 81.5 Å². The molecule has 30 heavy (non-hydrogen) atoms. The van der Waals surface area contributed by atoms with Crippen molar-refractivity contribution in [2.75, 3.05) is 7.11 Å². The van der Waals surface area contributed by atoms with Crippen molar-refractivity contribution < 1.29 is 27.6 Å². The number of nitrogens with zero attached hydrogens (tertiary/aromatic N) is 1. The molecule has 0 spiro atoms. The molecule has 0 aromatic heterocycles. The first-order valence-electron chi connectivity index (χ1n) is 9.19. The lowest BCUT2D eigenvalue weighted by Gasteiger charge is -2.32. The van der Waals surface area contributed by atoms with Gasteiger partial charge in [-0.2, -0.15) is 13.2 Å². The fraction of sp³-hybridized carbons (Fsp3) is 0.381. The van der Waals surface area contributed by atoms with Crippen LogP contribution in [0.15, 0.2) is 54.6 Å². The van der Waals surface area contributed by atoms with Gasteiger partial charge in [-0.25, -0.2) is 0 Å². The molecule has 1 N–H and O–H groups in total. The fourth-order valence-electron chi connectivity index (χ4n) is 4.48. The second kappa shape index (κ2) is 7.39. The van der Waals surface area contributed by atoms with Crippen LogP contribution in [0.3, 0.4) is 0 Å². The molecule has 9 heteroatoms. The van der Waals surface area contributed by atoms with Gasteiger partial charge in [0.1, 0.15) is 11.6 Å². The summed E-state index contributed by atoms with van der Waals surface area (Å²) in [7, 11) is 1.19.